The van der Waals surface area contributed by atoms with Gasteiger partial charge in [-0.15, -0.1) is 23.2 Å². The van der Waals surface area contributed by atoms with Crippen molar-refractivity contribution in [1.29, 1.82) is 0 Å². The zero-order valence-corrected chi connectivity index (χ0v) is 16.4. The van der Waals surface area contributed by atoms with Crippen LogP contribution in [0.4, 0.5) is 0 Å². The molecule has 0 N–H and O–H groups in total. The lowest BCUT2D eigenvalue weighted by Gasteiger charge is -2.20. The second-order valence-electron chi connectivity index (χ2n) is 5.96. The molecule has 26 heavy (non-hydrogen) atoms. The number of carbonyl (C=O) groups is 2. The van der Waals surface area contributed by atoms with E-state index in [2.05, 4.69) is 0 Å². The summed E-state index contributed by atoms with van der Waals surface area (Å²) in [4.78, 5) is 26.2. The molecule has 1 aliphatic heterocycles. The van der Waals surface area contributed by atoms with Gasteiger partial charge >= 0.3 is 0 Å². The summed E-state index contributed by atoms with van der Waals surface area (Å²) in [5.41, 5.74) is 1.30. The number of alkyl halides is 2. The average molecular weight is 409 g/mol. The number of ketones is 2. The van der Waals surface area contributed by atoms with Crippen molar-refractivity contribution in [2.45, 2.75) is 35.5 Å². The molecule has 0 amide bonds. The van der Waals surface area contributed by atoms with Gasteiger partial charge in [0.15, 0.2) is 11.6 Å². The second-order valence-corrected chi connectivity index (χ2v) is 7.80. The minimum Gasteiger partial charge on any atom is -0.455 e. The third kappa shape index (κ3) is 4.43. The van der Waals surface area contributed by atoms with Gasteiger partial charge in [-0.2, -0.15) is 0 Å². The predicted molar refractivity (Wildman–Crippen MR) is 106 cm³/mol. The smallest absolute Gasteiger partial charge is 0.163 e. The van der Waals surface area contributed by atoms with Crippen molar-refractivity contribution in [3.8, 4) is 11.5 Å². The van der Waals surface area contributed by atoms with Gasteiger partial charge in [0.2, 0.25) is 0 Å². The largest absolute Gasteiger partial charge is 0.455 e. The first-order valence-corrected chi connectivity index (χ1v) is 10.3. The Kier molecular flexibility index (Phi) is 6.63. The van der Waals surface area contributed by atoms with Crippen LogP contribution in [0.1, 0.15) is 46.4 Å². The summed E-state index contributed by atoms with van der Waals surface area (Å²) in [6, 6.07) is 10.9. The van der Waals surface area contributed by atoms with E-state index < -0.39 is 0 Å². The number of benzene rings is 2. The molecule has 2 aromatic rings. The van der Waals surface area contributed by atoms with Crippen LogP contribution < -0.4 is 4.74 Å². The lowest BCUT2D eigenvalue weighted by molar-refractivity contribution is 0.0973. The van der Waals surface area contributed by atoms with Crippen molar-refractivity contribution in [3.05, 3.63) is 47.5 Å². The highest BCUT2D eigenvalue weighted by molar-refractivity contribution is 7.99. The van der Waals surface area contributed by atoms with E-state index in [1.54, 1.807) is 30.0 Å². The number of fused-ring (bicyclic) bond motifs is 2. The predicted octanol–water partition coefficient (Wildman–Crippen LogP) is 6.35. The number of ether oxygens (including phenoxy) is 1. The number of carbonyl (C=O) groups excluding carboxylic acids is 2. The number of halogens is 2. The molecule has 1 heterocycles. The molecule has 0 atom stereocenters. The summed E-state index contributed by atoms with van der Waals surface area (Å²) >= 11 is 12.9. The standard InChI is InChI=1S/C20H18Cl2O3S/c21-9-1-3-15(23)13-6-8-19-18(11-13)25-17-7-5-14(12-20(17)26-19)16(24)4-2-10-22/h5-8,11-12H,1-4,9-10H2. The van der Waals surface area contributed by atoms with Gasteiger partial charge in [-0.1, -0.05) is 17.8 Å². The van der Waals surface area contributed by atoms with Gasteiger partial charge in [-0.25, -0.2) is 0 Å². The fourth-order valence-corrected chi connectivity index (χ4v) is 3.91. The van der Waals surface area contributed by atoms with Gasteiger partial charge in [0.25, 0.3) is 0 Å². The molecule has 0 radical (unpaired) electrons. The molecule has 0 spiro atoms. The summed E-state index contributed by atoms with van der Waals surface area (Å²) in [5, 5.41) is 0. The van der Waals surface area contributed by atoms with Crippen molar-refractivity contribution >= 4 is 46.5 Å². The first-order chi connectivity index (χ1) is 12.6. The summed E-state index contributed by atoms with van der Waals surface area (Å²) < 4.78 is 5.96. The molecule has 3 rings (SSSR count). The quantitative estimate of drug-likeness (QED) is 0.321. The summed E-state index contributed by atoms with van der Waals surface area (Å²) in [6.45, 7) is 0. The molecule has 0 fully saturated rings. The van der Waals surface area contributed by atoms with Crippen LogP contribution in [0.3, 0.4) is 0 Å². The van der Waals surface area contributed by atoms with Crippen molar-refractivity contribution < 1.29 is 14.3 Å². The zero-order chi connectivity index (χ0) is 18.5. The molecule has 2 aromatic carbocycles. The van der Waals surface area contributed by atoms with E-state index in [-0.39, 0.29) is 11.6 Å². The van der Waals surface area contributed by atoms with E-state index >= 15 is 0 Å². The highest BCUT2D eigenvalue weighted by Gasteiger charge is 2.21. The van der Waals surface area contributed by atoms with Crippen LogP contribution in [0.2, 0.25) is 0 Å². The van der Waals surface area contributed by atoms with Gasteiger partial charge < -0.3 is 4.74 Å². The highest BCUT2D eigenvalue weighted by atomic mass is 35.5. The lowest BCUT2D eigenvalue weighted by Crippen LogP contribution is -2.04. The third-order valence-corrected chi connectivity index (χ3v) is 5.68. The van der Waals surface area contributed by atoms with E-state index in [0.717, 1.165) is 9.79 Å². The van der Waals surface area contributed by atoms with Crippen molar-refractivity contribution in [2.75, 3.05) is 11.8 Å². The Morgan fingerprint density at radius 2 is 1.42 bits per heavy atom. The van der Waals surface area contributed by atoms with Gasteiger partial charge in [0, 0.05) is 35.7 Å². The molecule has 0 saturated heterocycles. The molecule has 136 valence electrons. The topological polar surface area (TPSA) is 43.4 Å². The lowest BCUT2D eigenvalue weighted by atomic mass is 10.1. The number of rotatable bonds is 8. The maximum atomic E-state index is 12.2. The van der Waals surface area contributed by atoms with E-state index in [1.807, 2.05) is 18.2 Å². The first-order valence-electron chi connectivity index (χ1n) is 8.44. The summed E-state index contributed by atoms with van der Waals surface area (Å²) in [5.74, 6) is 2.46. The van der Waals surface area contributed by atoms with E-state index in [0.29, 0.717) is 60.1 Å². The fourth-order valence-electron chi connectivity index (χ4n) is 2.67. The van der Waals surface area contributed by atoms with Crippen molar-refractivity contribution in [1.82, 2.24) is 0 Å². The van der Waals surface area contributed by atoms with E-state index in [9.17, 15) is 9.59 Å². The van der Waals surface area contributed by atoms with Crippen LogP contribution in [0.5, 0.6) is 11.5 Å². The Morgan fingerprint density at radius 1 is 0.808 bits per heavy atom. The summed E-state index contributed by atoms with van der Waals surface area (Å²) in [6.07, 6.45) is 2.21. The number of hydrogen-bond acceptors (Lipinski definition) is 4. The van der Waals surface area contributed by atoms with Crippen LogP contribution in [0.15, 0.2) is 46.2 Å². The molecule has 0 aromatic heterocycles. The maximum absolute atomic E-state index is 12.2. The normalized spacial score (nSPS) is 12.1. The van der Waals surface area contributed by atoms with Crippen LogP contribution in [-0.4, -0.2) is 23.3 Å². The van der Waals surface area contributed by atoms with Crippen molar-refractivity contribution in [3.63, 3.8) is 0 Å². The van der Waals surface area contributed by atoms with Gasteiger partial charge in [-0.3, -0.25) is 9.59 Å². The molecule has 0 unspecified atom stereocenters. The Balaban J connectivity index is 1.78. The molecular formula is C20H18Cl2O3S. The zero-order valence-electron chi connectivity index (χ0n) is 14.1. The summed E-state index contributed by atoms with van der Waals surface area (Å²) in [7, 11) is 0. The van der Waals surface area contributed by atoms with E-state index in [1.165, 1.54) is 0 Å². The minimum absolute atomic E-state index is 0.0630. The first kappa shape index (κ1) is 19.3. The molecule has 0 saturated carbocycles. The van der Waals surface area contributed by atoms with Gasteiger partial charge in [0.1, 0.15) is 11.5 Å². The third-order valence-electron chi connectivity index (χ3n) is 4.05. The molecule has 0 bridgehead atoms. The van der Waals surface area contributed by atoms with Gasteiger partial charge in [0.05, 0.1) is 9.79 Å². The molecule has 1 aliphatic rings. The molecular weight excluding hydrogens is 391 g/mol. The fraction of sp³-hybridized carbons (Fsp3) is 0.300. The van der Waals surface area contributed by atoms with Crippen LogP contribution >= 0.6 is 35.0 Å². The Labute approximate surface area is 167 Å². The number of hydrogen-bond donors (Lipinski definition) is 0. The minimum atomic E-state index is 0.0630. The van der Waals surface area contributed by atoms with Gasteiger partial charge in [-0.05, 0) is 43.2 Å². The Bertz CT molecular complexity index is 766. The van der Waals surface area contributed by atoms with E-state index in [4.69, 9.17) is 27.9 Å². The van der Waals surface area contributed by atoms with Crippen LogP contribution in [-0.2, 0) is 0 Å². The maximum Gasteiger partial charge on any atom is 0.163 e. The molecule has 6 heteroatoms. The molecule has 3 nitrogen and oxygen atoms in total. The number of Topliss-reactive ketones (excluding diaryl/α,β-unsaturated/α-hetero) is 2. The van der Waals surface area contributed by atoms with Crippen LogP contribution in [0, 0.1) is 0 Å². The highest BCUT2D eigenvalue weighted by Crippen LogP contribution is 2.47. The average Bonchev–Trinajstić information content (AvgIpc) is 2.67. The SMILES string of the molecule is O=C(CCCCl)c1ccc2c(c1)Oc1ccc(C(=O)CCCCl)cc1S2. The molecule has 0 aliphatic carbocycles. The Hall–Kier alpha value is -1.49. The Morgan fingerprint density at radius 3 is 2.08 bits per heavy atom. The van der Waals surface area contributed by atoms with Crippen molar-refractivity contribution in [2.24, 2.45) is 0 Å². The van der Waals surface area contributed by atoms with Crippen LogP contribution in [0.25, 0.3) is 0 Å². The monoisotopic (exact) mass is 408 g/mol. The second kappa shape index (κ2) is 8.94.